The van der Waals surface area contributed by atoms with E-state index in [1.807, 2.05) is 24.4 Å². The van der Waals surface area contributed by atoms with Crippen LogP contribution >= 0.6 is 11.6 Å². The third-order valence-corrected chi connectivity index (χ3v) is 6.23. The number of rotatable bonds is 3. The van der Waals surface area contributed by atoms with Crippen molar-refractivity contribution in [2.24, 2.45) is 10.8 Å². The molecule has 2 aliphatic rings. The van der Waals surface area contributed by atoms with Crippen LogP contribution in [0, 0.1) is 10.8 Å². The van der Waals surface area contributed by atoms with Gasteiger partial charge >= 0.3 is 5.97 Å². The highest BCUT2D eigenvalue weighted by Gasteiger charge is 2.52. The second kappa shape index (κ2) is 5.49. The van der Waals surface area contributed by atoms with Crippen LogP contribution in [0.4, 0.5) is 0 Å². The SMILES string of the molecule is CC1(C)CC2CC(C)(CN2C(C(=O)O)c2c[nH]c3cc(Cl)ccc23)C1. The van der Waals surface area contributed by atoms with Crippen LogP contribution in [-0.4, -0.2) is 33.5 Å². The Bertz CT molecular complexity index is 843. The average molecular weight is 361 g/mol. The molecule has 2 heterocycles. The molecule has 3 atom stereocenters. The van der Waals surface area contributed by atoms with Crippen molar-refractivity contribution >= 4 is 28.5 Å². The van der Waals surface area contributed by atoms with Crippen molar-refractivity contribution < 1.29 is 9.90 Å². The molecule has 25 heavy (non-hydrogen) atoms. The summed E-state index contributed by atoms with van der Waals surface area (Å²) in [5.74, 6) is -0.773. The first-order chi connectivity index (χ1) is 11.7. The predicted octanol–water partition coefficient (Wildman–Crippen LogP) is 4.85. The first-order valence-corrected chi connectivity index (χ1v) is 9.30. The molecular formula is C20H25ClN2O2. The topological polar surface area (TPSA) is 56.3 Å². The Hall–Kier alpha value is -1.52. The van der Waals surface area contributed by atoms with E-state index in [0.29, 0.717) is 11.1 Å². The Kier molecular flexibility index (Phi) is 3.71. The summed E-state index contributed by atoms with van der Waals surface area (Å²) in [6.07, 6.45) is 5.15. The highest BCUT2D eigenvalue weighted by molar-refractivity contribution is 6.31. The number of aliphatic carboxylic acids is 1. The van der Waals surface area contributed by atoms with E-state index in [9.17, 15) is 9.90 Å². The lowest BCUT2D eigenvalue weighted by Crippen LogP contribution is -2.39. The van der Waals surface area contributed by atoms with Crippen molar-refractivity contribution in [1.82, 2.24) is 9.88 Å². The normalized spacial score (nSPS) is 29.8. The van der Waals surface area contributed by atoms with Gasteiger partial charge in [0.15, 0.2) is 0 Å². The van der Waals surface area contributed by atoms with E-state index in [4.69, 9.17) is 11.6 Å². The average Bonchev–Trinajstić information content (AvgIpc) is 2.97. The van der Waals surface area contributed by atoms with Crippen LogP contribution in [0.1, 0.15) is 51.6 Å². The minimum Gasteiger partial charge on any atom is -0.480 e. The molecule has 0 spiro atoms. The van der Waals surface area contributed by atoms with Gasteiger partial charge in [-0.3, -0.25) is 9.69 Å². The molecule has 4 rings (SSSR count). The molecule has 4 nitrogen and oxygen atoms in total. The van der Waals surface area contributed by atoms with Crippen molar-refractivity contribution in [1.29, 1.82) is 0 Å². The number of fused-ring (bicyclic) bond motifs is 3. The second-order valence-electron chi connectivity index (χ2n) is 9.06. The minimum atomic E-state index is -0.773. The van der Waals surface area contributed by atoms with Gasteiger partial charge in [-0.15, -0.1) is 0 Å². The molecule has 2 fully saturated rings. The van der Waals surface area contributed by atoms with Gasteiger partial charge < -0.3 is 10.1 Å². The van der Waals surface area contributed by atoms with Gasteiger partial charge in [0.05, 0.1) is 0 Å². The third kappa shape index (κ3) is 2.85. The number of nitrogens with one attached hydrogen (secondary N) is 1. The van der Waals surface area contributed by atoms with Gasteiger partial charge in [0.2, 0.25) is 0 Å². The van der Waals surface area contributed by atoms with Gasteiger partial charge in [0.1, 0.15) is 6.04 Å². The van der Waals surface area contributed by atoms with Crippen molar-refractivity contribution in [3.8, 4) is 0 Å². The van der Waals surface area contributed by atoms with Gasteiger partial charge in [-0.05, 0) is 42.2 Å². The number of carbonyl (C=O) groups is 1. The molecule has 1 saturated heterocycles. The predicted molar refractivity (Wildman–Crippen MR) is 99.9 cm³/mol. The Balaban J connectivity index is 1.76. The Morgan fingerprint density at radius 2 is 2.12 bits per heavy atom. The zero-order valence-electron chi connectivity index (χ0n) is 15.0. The minimum absolute atomic E-state index is 0.204. The quantitative estimate of drug-likeness (QED) is 0.822. The number of carboxylic acids is 1. The maximum absolute atomic E-state index is 12.3. The van der Waals surface area contributed by atoms with Crippen molar-refractivity contribution in [3.63, 3.8) is 0 Å². The maximum Gasteiger partial charge on any atom is 0.325 e. The number of halogens is 1. The molecule has 0 radical (unpaired) electrons. The van der Waals surface area contributed by atoms with Crippen LogP contribution in [0.3, 0.4) is 0 Å². The molecule has 3 unspecified atom stereocenters. The van der Waals surface area contributed by atoms with Gasteiger partial charge in [-0.1, -0.05) is 38.4 Å². The zero-order chi connectivity index (χ0) is 18.0. The Morgan fingerprint density at radius 1 is 1.36 bits per heavy atom. The summed E-state index contributed by atoms with van der Waals surface area (Å²) in [5, 5.41) is 11.7. The maximum atomic E-state index is 12.3. The number of aromatic nitrogens is 1. The summed E-state index contributed by atoms with van der Waals surface area (Å²) in [4.78, 5) is 17.7. The molecular weight excluding hydrogens is 336 g/mol. The second-order valence-corrected chi connectivity index (χ2v) is 9.50. The fourth-order valence-electron chi connectivity index (χ4n) is 5.61. The molecule has 2 bridgehead atoms. The molecule has 2 N–H and O–H groups in total. The van der Waals surface area contributed by atoms with E-state index in [1.54, 1.807) is 0 Å². The molecule has 5 heteroatoms. The number of nitrogens with zero attached hydrogens (tertiary/aromatic N) is 1. The van der Waals surface area contributed by atoms with E-state index in [2.05, 4.69) is 30.7 Å². The zero-order valence-corrected chi connectivity index (χ0v) is 15.7. The van der Waals surface area contributed by atoms with Crippen LogP contribution in [0.15, 0.2) is 24.4 Å². The lowest BCUT2D eigenvalue weighted by molar-refractivity contribution is -0.144. The fraction of sp³-hybridized carbons (Fsp3) is 0.550. The Morgan fingerprint density at radius 3 is 2.84 bits per heavy atom. The van der Waals surface area contributed by atoms with E-state index >= 15 is 0 Å². The number of hydrogen-bond acceptors (Lipinski definition) is 2. The highest BCUT2D eigenvalue weighted by atomic mass is 35.5. The summed E-state index contributed by atoms with van der Waals surface area (Å²) in [6, 6.07) is 5.31. The van der Waals surface area contributed by atoms with Gasteiger partial charge in [0, 0.05) is 40.3 Å². The Labute approximate surface area is 153 Å². The number of likely N-dealkylation sites (tertiary alicyclic amines) is 1. The monoisotopic (exact) mass is 360 g/mol. The number of carboxylic acid groups (broad SMARTS) is 1. The molecule has 1 aliphatic carbocycles. The smallest absolute Gasteiger partial charge is 0.325 e. The molecule has 1 aliphatic heterocycles. The number of hydrogen-bond donors (Lipinski definition) is 2. The fourth-order valence-corrected chi connectivity index (χ4v) is 5.78. The third-order valence-electron chi connectivity index (χ3n) is 5.99. The highest BCUT2D eigenvalue weighted by Crippen LogP contribution is 2.54. The summed E-state index contributed by atoms with van der Waals surface area (Å²) in [5.41, 5.74) is 2.20. The van der Waals surface area contributed by atoms with Crippen LogP contribution in [-0.2, 0) is 4.79 Å². The van der Waals surface area contributed by atoms with Crippen molar-refractivity contribution in [2.75, 3.05) is 6.54 Å². The van der Waals surface area contributed by atoms with Crippen molar-refractivity contribution in [2.45, 2.75) is 52.1 Å². The molecule has 1 saturated carbocycles. The van der Waals surface area contributed by atoms with Crippen LogP contribution in [0.5, 0.6) is 0 Å². The largest absolute Gasteiger partial charge is 0.480 e. The van der Waals surface area contributed by atoms with Crippen LogP contribution in [0.2, 0.25) is 5.02 Å². The summed E-state index contributed by atoms with van der Waals surface area (Å²) < 4.78 is 0. The van der Waals surface area contributed by atoms with Gasteiger partial charge in [-0.2, -0.15) is 0 Å². The molecule has 1 aromatic heterocycles. The van der Waals surface area contributed by atoms with E-state index in [1.165, 1.54) is 0 Å². The number of aromatic amines is 1. The molecule has 134 valence electrons. The standard InChI is InChI=1S/C20H25ClN2O2/c1-19(2)7-13-8-20(3,10-19)11-23(13)17(18(24)25)15-9-22-16-6-12(21)4-5-14(15)16/h4-6,9,13,17,22H,7-8,10-11H2,1-3H3,(H,24,25). The van der Waals surface area contributed by atoms with Crippen LogP contribution in [0.25, 0.3) is 10.9 Å². The summed E-state index contributed by atoms with van der Waals surface area (Å²) >= 11 is 6.07. The van der Waals surface area contributed by atoms with Gasteiger partial charge in [-0.25, -0.2) is 0 Å². The van der Waals surface area contributed by atoms with E-state index in [0.717, 1.165) is 42.3 Å². The van der Waals surface area contributed by atoms with E-state index < -0.39 is 12.0 Å². The van der Waals surface area contributed by atoms with Crippen molar-refractivity contribution in [3.05, 3.63) is 35.0 Å². The van der Waals surface area contributed by atoms with E-state index in [-0.39, 0.29) is 10.8 Å². The summed E-state index contributed by atoms with van der Waals surface area (Å²) in [6.45, 7) is 7.78. The van der Waals surface area contributed by atoms with Crippen LogP contribution < -0.4 is 0 Å². The molecule has 0 amide bonds. The number of H-pyrrole nitrogens is 1. The van der Waals surface area contributed by atoms with Gasteiger partial charge in [0.25, 0.3) is 0 Å². The lowest BCUT2D eigenvalue weighted by atomic mass is 9.65. The first-order valence-electron chi connectivity index (χ1n) is 8.93. The molecule has 2 aromatic rings. The number of benzene rings is 1. The molecule has 1 aromatic carbocycles. The summed E-state index contributed by atoms with van der Waals surface area (Å²) in [7, 11) is 0. The lowest BCUT2D eigenvalue weighted by Gasteiger charge is -2.40. The first kappa shape index (κ1) is 16.9.